The molecule has 8 heteroatoms. The number of anilines is 2. The monoisotopic (exact) mass is 338 g/mol. The SMILES string of the molecule is CCOc1ccc(Nc2ncc(Br)cc2[N+](=O)[O-])cn1. The van der Waals surface area contributed by atoms with Crippen LogP contribution in [0.15, 0.2) is 35.1 Å². The number of nitrogens with zero attached hydrogens (tertiary/aromatic N) is 3. The highest BCUT2D eigenvalue weighted by Gasteiger charge is 2.16. The van der Waals surface area contributed by atoms with Gasteiger partial charge in [0.15, 0.2) is 0 Å². The minimum Gasteiger partial charge on any atom is -0.478 e. The number of nitro groups is 1. The number of aromatic nitrogens is 2. The van der Waals surface area contributed by atoms with Gasteiger partial charge in [-0.2, -0.15) is 0 Å². The second-order valence-corrected chi connectivity index (χ2v) is 4.64. The Morgan fingerprint density at radius 3 is 2.80 bits per heavy atom. The molecule has 0 radical (unpaired) electrons. The highest BCUT2D eigenvalue weighted by atomic mass is 79.9. The molecule has 7 nitrogen and oxygen atoms in total. The summed E-state index contributed by atoms with van der Waals surface area (Å²) in [5.41, 5.74) is 0.472. The second-order valence-electron chi connectivity index (χ2n) is 3.72. The van der Waals surface area contributed by atoms with E-state index in [-0.39, 0.29) is 11.5 Å². The Balaban J connectivity index is 2.23. The van der Waals surface area contributed by atoms with Crippen LogP contribution in [0.2, 0.25) is 0 Å². The Labute approximate surface area is 123 Å². The largest absolute Gasteiger partial charge is 0.478 e. The predicted molar refractivity (Wildman–Crippen MR) is 77.3 cm³/mol. The zero-order chi connectivity index (χ0) is 14.5. The predicted octanol–water partition coefficient (Wildman–Crippen LogP) is 3.29. The van der Waals surface area contributed by atoms with Crippen LogP contribution in [0, 0.1) is 10.1 Å². The summed E-state index contributed by atoms with van der Waals surface area (Å²) >= 11 is 3.15. The first-order valence-corrected chi connectivity index (χ1v) is 6.55. The van der Waals surface area contributed by atoms with E-state index in [4.69, 9.17) is 4.74 Å². The van der Waals surface area contributed by atoms with E-state index in [1.54, 1.807) is 12.1 Å². The van der Waals surface area contributed by atoms with Crippen LogP contribution in [0.4, 0.5) is 17.2 Å². The molecule has 0 spiro atoms. The molecule has 104 valence electrons. The van der Waals surface area contributed by atoms with Gasteiger partial charge in [0.25, 0.3) is 0 Å². The van der Waals surface area contributed by atoms with Crippen molar-refractivity contribution in [2.45, 2.75) is 6.92 Å². The zero-order valence-electron chi connectivity index (χ0n) is 10.5. The molecule has 0 unspecified atom stereocenters. The Kier molecular flexibility index (Phi) is 4.46. The number of nitrogens with one attached hydrogen (secondary N) is 1. The third-order valence-corrected chi connectivity index (χ3v) is 2.76. The summed E-state index contributed by atoms with van der Waals surface area (Å²) in [5.74, 6) is 0.653. The summed E-state index contributed by atoms with van der Waals surface area (Å²) < 4.78 is 5.76. The third kappa shape index (κ3) is 3.41. The van der Waals surface area contributed by atoms with Crippen LogP contribution in [0.25, 0.3) is 0 Å². The van der Waals surface area contributed by atoms with Gasteiger partial charge in [0.2, 0.25) is 11.7 Å². The maximum atomic E-state index is 11.0. The summed E-state index contributed by atoms with van der Waals surface area (Å²) in [4.78, 5) is 18.5. The van der Waals surface area contributed by atoms with Crippen LogP contribution >= 0.6 is 15.9 Å². The summed E-state index contributed by atoms with van der Waals surface area (Å²) in [6, 6.07) is 4.78. The molecule has 2 heterocycles. The number of hydrogen-bond donors (Lipinski definition) is 1. The van der Waals surface area contributed by atoms with Gasteiger partial charge in [0.05, 0.1) is 23.4 Å². The maximum absolute atomic E-state index is 11.0. The molecule has 0 amide bonds. The summed E-state index contributed by atoms with van der Waals surface area (Å²) in [6.07, 6.45) is 3.01. The van der Waals surface area contributed by atoms with Crippen LogP contribution in [-0.4, -0.2) is 21.5 Å². The summed E-state index contributed by atoms with van der Waals surface area (Å²) in [7, 11) is 0. The molecule has 20 heavy (non-hydrogen) atoms. The lowest BCUT2D eigenvalue weighted by molar-refractivity contribution is -0.384. The van der Waals surface area contributed by atoms with E-state index in [0.29, 0.717) is 22.6 Å². The highest BCUT2D eigenvalue weighted by molar-refractivity contribution is 9.10. The molecule has 2 aromatic rings. The minimum absolute atomic E-state index is 0.117. The lowest BCUT2D eigenvalue weighted by Crippen LogP contribution is -2.00. The molecule has 0 aliphatic heterocycles. The minimum atomic E-state index is -0.498. The van der Waals surface area contributed by atoms with Crippen molar-refractivity contribution in [3.63, 3.8) is 0 Å². The van der Waals surface area contributed by atoms with Crippen LogP contribution in [-0.2, 0) is 0 Å². The molecule has 0 aliphatic rings. The Hall–Kier alpha value is -2.22. The van der Waals surface area contributed by atoms with Crippen molar-refractivity contribution < 1.29 is 9.66 Å². The van der Waals surface area contributed by atoms with Gasteiger partial charge < -0.3 is 10.1 Å². The van der Waals surface area contributed by atoms with Crippen LogP contribution in [0.5, 0.6) is 5.88 Å². The van der Waals surface area contributed by atoms with Gasteiger partial charge in [-0.3, -0.25) is 10.1 Å². The fraction of sp³-hybridized carbons (Fsp3) is 0.167. The quantitative estimate of drug-likeness (QED) is 0.664. The standard InChI is InChI=1S/C12H11BrN4O3/c1-2-20-11-4-3-9(7-14-11)16-12-10(17(18)19)5-8(13)6-15-12/h3-7H,2H2,1H3,(H,15,16). The molecule has 1 N–H and O–H groups in total. The number of hydrogen-bond acceptors (Lipinski definition) is 6. The average molecular weight is 339 g/mol. The van der Waals surface area contributed by atoms with Crippen LogP contribution < -0.4 is 10.1 Å². The molecule has 0 aliphatic carbocycles. The van der Waals surface area contributed by atoms with Gasteiger partial charge in [-0.1, -0.05) is 0 Å². The van der Waals surface area contributed by atoms with E-state index in [0.717, 1.165) is 0 Å². The molecule has 0 atom stereocenters. The Morgan fingerprint density at radius 1 is 1.40 bits per heavy atom. The van der Waals surface area contributed by atoms with Gasteiger partial charge in [-0.15, -0.1) is 0 Å². The first-order valence-electron chi connectivity index (χ1n) is 5.76. The van der Waals surface area contributed by atoms with Crippen molar-refractivity contribution in [1.29, 1.82) is 0 Å². The molecular weight excluding hydrogens is 328 g/mol. The van der Waals surface area contributed by atoms with Gasteiger partial charge in [-0.25, -0.2) is 9.97 Å². The van der Waals surface area contributed by atoms with Gasteiger partial charge in [-0.05, 0) is 28.9 Å². The molecular formula is C12H11BrN4O3. The smallest absolute Gasteiger partial charge is 0.312 e. The molecule has 2 rings (SSSR count). The lowest BCUT2D eigenvalue weighted by Gasteiger charge is -2.07. The van der Waals surface area contributed by atoms with E-state index in [1.165, 1.54) is 18.5 Å². The molecule has 0 saturated heterocycles. The van der Waals surface area contributed by atoms with E-state index in [1.807, 2.05) is 6.92 Å². The zero-order valence-corrected chi connectivity index (χ0v) is 12.1. The van der Waals surface area contributed by atoms with Crippen LogP contribution in [0.1, 0.15) is 6.92 Å². The first kappa shape index (κ1) is 14.2. The number of rotatable bonds is 5. The highest BCUT2D eigenvalue weighted by Crippen LogP contribution is 2.28. The van der Waals surface area contributed by atoms with E-state index in [9.17, 15) is 10.1 Å². The Morgan fingerprint density at radius 2 is 2.20 bits per heavy atom. The van der Waals surface area contributed by atoms with E-state index >= 15 is 0 Å². The maximum Gasteiger partial charge on any atom is 0.312 e. The topological polar surface area (TPSA) is 90.2 Å². The molecule has 0 saturated carbocycles. The molecule has 0 bridgehead atoms. The number of pyridine rings is 2. The Bertz CT molecular complexity index is 619. The van der Waals surface area contributed by atoms with Crippen molar-refractivity contribution in [3.8, 4) is 5.88 Å². The fourth-order valence-corrected chi connectivity index (χ4v) is 1.81. The lowest BCUT2D eigenvalue weighted by atomic mass is 10.3. The van der Waals surface area contributed by atoms with Gasteiger partial charge >= 0.3 is 5.69 Å². The number of halogens is 1. The van der Waals surface area contributed by atoms with E-state index < -0.39 is 4.92 Å². The van der Waals surface area contributed by atoms with Crippen molar-refractivity contribution in [1.82, 2.24) is 9.97 Å². The van der Waals surface area contributed by atoms with Gasteiger partial charge in [0.1, 0.15) is 0 Å². The second kappa shape index (κ2) is 6.29. The summed E-state index contributed by atoms with van der Waals surface area (Å²) in [6.45, 7) is 2.39. The number of ether oxygens (including phenoxy) is 1. The summed E-state index contributed by atoms with van der Waals surface area (Å²) in [5, 5.41) is 13.8. The average Bonchev–Trinajstić information content (AvgIpc) is 2.43. The molecule has 2 aromatic heterocycles. The van der Waals surface area contributed by atoms with Crippen molar-refractivity contribution in [2.75, 3.05) is 11.9 Å². The molecule has 0 fully saturated rings. The third-order valence-electron chi connectivity index (χ3n) is 2.32. The van der Waals surface area contributed by atoms with Crippen molar-refractivity contribution >= 4 is 33.1 Å². The van der Waals surface area contributed by atoms with Crippen molar-refractivity contribution in [3.05, 3.63) is 45.2 Å². The van der Waals surface area contributed by atoms with Crippen LogP contribution in [0.3, 0.4) is 0 Å². The van der Waals surface area contributed by atoms with E-state index in [2.05, 4.69) is 31.2 Å². The van der Waals surface area contributed by atoms with Gasteiger partial charge in [0, 0.05) is 22.8 Å². The van der Waals surface area contributed by atoms with Crippen molar-refractivity contribution in [2.24, 2.45) is 0 Å². The fourth-order valence-electron chi connectivity index (χ4n) is 1.49. The normalized spacial score (nSPS) is 10.1. The first-order chi connectivity index (χ1) is 9.60. The molecule has 0 aromatic carbocycles.